The molecule has 21 heavy (non-hydrogen) atoms. The highest BCUT2D eigenvalue weighted by molar-refractivity contribution is 6.29. The number of nitrogens with zero attached hydrogens (tertiary/aromatic N) is 2. The van der Waals surface area contributed by atoms with E-state index in [4.69, 9.17) is 11.6 Å². The summed E-state index contributed by atoms with van der Waals surface area (Å²) < 4.78 is 0. The van der Waals surface area contributed by atoms with Crippen molar-refractivity contribution in [2.45, 2.75) is 44.9 Å². The van der Waals surface area contributed by atoms with Crippen molar-refractivity contribution in [2.75, 3.05) is 5.32 Å². The molecule has 0 aliphatic heterocycles. The molecule has 1 amide bonds. The Bertz CT molecular complexity index is 522. The highest BCUT2D eigenvalue weighted by atomic mass is 35.5. The van der Waals surface area contributed by atoms with Gasteiger partial charge in [-0.15, -0.1) is 0 Å². The molecule has 1 aromatic heterocycles. The Hall–Kier alpha value is -1.16. The van der Waals surface area contributed by atoms with Crippen LogP contribution in [0.25, 0.3) is 0 Å². The number of rotatable bonds is 3. The highest BCUT2D eigenvalue weighted by Gasteiger charge is 2.51. The van der Waals surface area contributed by atoms with Gasteiger partial charge in [-0.3, -0.25) is 4.79 Å². The van der Waals surface area contributed by atoms with Crippen molar-refractivity contribution in [1.29, 1.82) is 0 Å². The lowest BCUT2D eigenvalue weighted by atomic mass is 9.49. The first-order chi connectivity index (χ1) is 10.1. The van der Waals surface area contributed by atoms with Gasteiger partial charge in [0.2, 0.25) is 5.91 Å². The summed E-state index contributed by atoms with van der Waals surface area (Å²) in [5, 5.41) is 3.21. The minimum absolute atomic E-state index is 0.0774. The zero-order valence-electron chi connectivity index (χ0n) is 12.0. The lowest BCUT2D eigenvalue weighted by Gasteiger charge is -2.56. The molecule has 5 rings (SSSR count). The predicted octanol–water partition coefficient (Wildman–Crippen LogP) is 3.68. The van der Waals surface area contributed by atoms with Crippen LogP contribution in [0.1, 0.15) is 44.9 Å². The normalized spacial score (nSPS) is 36.7. The predicted molar refractivity (Wildman–Crippen MR) is 80.9 cm³/mol. The van der Waals surface area contributed by atoms with E-state index in [-0.39, 0.29) is 11.3 Å². The second kappa shape index (κ2) is 4.94. The third-order valence-electron chi connectivity index (χ3n) is 5.59. The van der Waals surface area contributed by atoms with Crippen molar-refractivity contribution in [2.24, 2.45) is 23.2 Å². The molecule has 4 nitrogen and oxygen atoms in total. The number of hydrogen-bond acceptors (Lipinski definition) is 3. The molecule has 0 saturated heterocycles. The average Bonchev–Trinajstić information content (AvgIpc) is 2.39. The van der Waals surface area contributed by atoms with Crippen LogP contribution in [0.15, 0.2) is 12.4 Å². The molecule has 4 saturated carbocycles. The van der Waals surface area contributed by atoms with E-state index in [2.05, 4.69) is 15.3 Å². The molecule has 0 unspecified atom stereocenters. The summed E-state index contributed by atoms with van der Waals surface area (Å²) in [6.45, 7) is 0. The molecule has 4 bridgehead atoms. The lowest BCUT2D eigenvalue weighted by molar-refractivity contribution is -0.124. The number of hydrogen-bond donors (Lipinski definition) is 1. The van der Waals surface area contributed by atoms with Crippen LogP contribution >= 0.6 is 11.6 Å². The first-order valence-corrected chi connectivity index (χ1v) is 8.25. The van der Waals surface area contributed by atoms with Crippen LogP contribution < -0.4 is 5.32 Å². The molecule has 1 aromatic rings. The quantitative estimate of drug-likeness (QED) is 0.927. The Kier molecular flexibility index (Phi) is 3.18. The molecule has 1 N–H and O–H groups in total. The Balaban J connectivity index is 1.43. The van der Waals surface area contributed by atoms with Gasteiger partial charge in [0.25, 0.3) is 0 Å². The molecule has 0 atom stereocenters. The monoisotopic (exact) mass is 305 g/mol. The Morgan fingerprint density at radius 3 is 2.29 bits per heavy atom. The second-order valence-corrected chi connectivity index (χ2v) is 7.75. The van der Waals surface area contributed by atoms with E-state index < -0.39 is 0 Å². The van der Waals surface area contributed by atoms with E-state index in [1.54, 1.807) is 0 Å². The molecule has 0 radical (unpaired) electrons. The fourth-order valence-corrected chi connectivity index (χ4v) is 5.51. The summed E-state index contributed by atoms with van der Waals surface area (Å²) in [6.07, 6.45) is 11.6. The van der Waals surface area contributed by atoms with Gasteiger partial charge in [0.15, 0.2) is 5.82 Å². The smallest absolute Gasteiger partial charge is 0.226 e. The molecule has 5 heteroatoms. The summed E-state index contributed by atoms with van der Waals surface area (Å²) in [7, 11) is 0. The van der Waals surface area contributed by atoms with Gasteiger partial charge >= 0.3 is 0 Å². The van der Waals surface area contributed by atoms with E-state index in [0.29, 0.717) is 17.4 Å². The van der Waals surface area contributed by atoms with Gasteiger partial charge in [-0.1, -0.05) is 11.6 Å². The molecule has 4 aliphatic rings. The van der Waals surface area contributed by atoms with Crippen LogP contribution in [0.4, 0.5) is 5.82 Å². The first-order valence-electron chi connectivity index (χ1n) is 7.88. The average molecular weight is 306 g/mol. The first kappa shape index (κ1) is 13.5. The summed E-state index contributed by atoms with van der Waals surface area (Å²) in [5.74, 6) is 3.20. The fraction of sp³-hybridized carbons (Fsp3) is 0.688. The summed E-state index contributed by atoms with van der Waals surface area (Å²) in [5.41, 5.74) is 0.263. The zero-order chi connectivity index (χ0) is 14.4. The van der Waals surface area contributed by atoms with Crippen molar-refractivity contribution in [3.63, 3.8) is 0 Å². The van der Waals surface area contributed by atoms with Crippen molar-refractivity contribution in [3.8, 4) is 0 Å². The lowest BCUT2D eigenvalue weighted by Crippen LogP contribution is -2.47. The summed E-state index contributed by atoms with van der Waals surface area (Å²) in [6, 6.07) is 0. The van der Waals surface area contributed by atoms with Gasteiger partial charge in [-0.2, -0.15) is 0 Å². The molecule has 4 aliphatic carbocycles. The molecular formula is C16H20ClN3O. The molecule has 0 spiro atoms. The maximum atomic E-state index is 12.4. The van der Waals surface area contributed by atoms with Crippen LogP contribution in [0.5, 0.6) is 0 Å². The second-order valence-electron chi connectivity index (χ2n) is 7.37. The van der Waals surface area contributed by atoms with Crippen molar-refractivity contribution in [3.05, 3.63) is 17.5 Å². The van der Waals surface area contributed by atoms with Crippen LogP contribution in [-0.2, 0) is 4.79 Å². The number of anilines is 1. The number of amides is 1. The largest absolute Gasteiger partial charge is 0.309 e. The van der Waals surface area contributed by atoms with Gasteiger partial charge in [0, 0.05) is 6.42 Å². The zero-order valence-corrected chi connectivity index (χ0v) is 12.8. The number of halogens is 1. The van der Waals surface area contributed by atoms with Gasteiger partial charge < -0.3 is 5.32 Å². The van der Waals surface area contributed by atoms with E-state index >= 15 is 0 Å². The van der Waals surface area contributed by atoms with Crippen molar-refractivity contribution < 1.29 is 4.79 Å². The Morgan fingerprint density at radius 1 is 1.14 bits per heavy atom. The minimum atomic E-state index is 0.0774. The number of nitrogens with one attached hydrogen (secondary N) is 1. The van der Waals surface area contributed by atoms with E-state index in [1.165, 1.54) is 50.9 Å². The van der Waals surface area contributed by atoms with Crippen LogP contribution in [-0.4, -0.2) is 15.9 Å². The molecule has 1 heterocycles. The van der Waals surface area contributed by atoms with E-state index in [0.717, 1.165) is 17.8 Å². The minimum Gasteiger partial charge on any atom is -0.309 e. The summed E-state index contributed by atoms with van der Waals surface area (Å²) >= 11 is 5.71. The van der Waals surface area contributed by atoms with E-state index in [1.807, 2.05) is 0 Å². The molecular weight excluding hydrogens is 286 g/mol. The fourth-order valence-electron chi connectivity index (χ4n) is 5.41. The third-order valence-corrected chi connectivity index (χ3v) is 5.78. The SMILES string of the molecule is O=C(CC12CC3CC(CC(C3)C1)C2)Nc1cnc(Cl)cn1. The van der Waals surface area contributed by atoms with Gasteiger partial charge in [0.1, 0.15) is 5.15 Å². The van der Waals surface area contributed by atoms with Crippen LogP contribution in [0.3, 0.4) is 0 Å². The maximum absolute atomic E-state index is 12.4. The van der Waals surface area contributed by atoms with Crippen molar-refractivity contribution in [1.82, 2.24) is 9.97 Å². The van der Waals surface area contributed by atoms with Gasteiger partial charge in [-0.05, 0) is 61.7 Å². The number of carbonyl (C=O) groups is 1. The topological polar surface area (TPSA) is 54.9 Å². The third kappa shape index (κ3) is 2.66. The standard InChI is InChI=1S/C16H20ClN3O/c17-13-8-19-14(9-18-13)20-15(21)7-16-4-10-1-11(5-16)3-12(2-10)6-16/h8-12H,1-7H2,(H,19,20,21). The Morgan fingerprint density at radius 2 is 1.76 bits per heavy atom. The van der Waals surface area contributed by atoms with E-state index in [9.17, 15) is 4.79 Å². The molecule has 112 valence electrons. The summed E-state index contributed by atoms with van der Waals surface area (Å²) in [4.78, 5) is 20.4. The van der Waals surface area contributed by atoms with Gasteiger partial charge in [-0.25, -0.2) is 9.97 Å². The highest BCUT2D eigenvalue weighted by Crippen LogP contribution is 2.61. The molecule has 0 aromatic carbocycles. The van der Waals surface area contributed by atoms with Crippen LogP contribution in [0.2, 0.25) is 5.15 Å². The van der Waals surface area contributed by atoms with Gasteiger partial charge in [0.05, 0.1) is 12.4 Å². The van der Waals surface area contributed by atoms with Crippen LogP contribution in [0, 0.1) is 23.2 Å². The number of aromatic nitrogens is 2. The van der Waals surface area contributed by atoms with Crippen molar-refractivity contribution >= 4 is 23.3 Å². The Labute approximate surface area is 129 Å². The number of carbonyl (C=O) groups excluding carboxylic acids is 1. The maximum Gasteiger partial charge on any atom is 0.226 e. The molecule has 4 fully saturated rings.